The van der Waals surface area contributed by atoms with Gasteiger partial charge in [0, 0.05) is 19.6 Å². The molecule has 16 heavy (non-hydrogen) atoms. The summed E-state index contributed by atoms with van der Waals surface area (Å²) in [7, 11) is 3.83. The molecule has 1 amide bonds. The summed E-state index contributed by atoms with van der Waals surface area (Å²) in [6.45, 7) is 6.47. The molecule has 0 radical (unpaired) electrons. The van der Waals surface area contributed by atoms with Crippen molar-refractivity contribution in [2.45, 2.75) is 38.8 Å². The maximum absolute atomic E-state index is 11.7. The SMILES string of the molecule is CNC(=O)C(CC(C)C)NC1CCN(C)C1. The number of hydrogen-bond donors (Lipinski definition) is 2. The lowest BCUT2D eigenvalue weighted by Crippen LogP contribution is -2.48. The van der Waals surface area contributed by atoms with Gasteiger partial charge in [0.15, 0.2) is 0 Å². The lowest BCUT2D eigenvalue weighted by molar-refractivity contribution is -0.123. The van der Waals surface area contributed by atoms with Gasteiger partial charge < -0.3 is 15.5 Å². The van der Waals surface area contributed by atoms with Crippen LogP contribution in [0.2, 0.25) is 0 Å². The molecule has 2 atom stereocenters. The summed E-state index contributed by atoms with van der Waals surface area (Å²) < 4.78 is 0. The van der Waals surface area contributed by atoms with Crippen molar-refractivity contribution >= 4 is 5.91 Å². The molecule has 0 aromatic heterocycles. The van der Waals surface area contributed by atoms with Crippen molar-refractivity contribution in [3.05, 3.63) is 0 Å². The molecule has 0 aliphatic carbocycles. The van der Waals surface area contributed by atoms with Gasteiger partial charge in [-0.25, -0.2) is 0 Å². The van der Waals surface area contributed by atoms with Crippen molar-refractivity contribution in [2.75, 3.05) is 27.2 Å². The average Bonchev–Trinajstić information content (AvgIpc) is 2.61. The molecule has 1 aliphatic rings. The fraction of sp³-hybridized carbons (Fsp3) is 0.917. The molecule has 1 saturated heterocycles. The maximum Gasteiger partial charge on any atom is 0.236 e. The van der Waals surface area contributed by atoms with Gasteiger partial charge >= 0.3 is 0 Å². The van der Waals surface area contributed by atoms with Gasteiger partial charge in [0.25, 0.3) is 0 Å². The van der Waals surface area contributed by atoms with Crippen molar-refractivity contribution in [3.8, 4) is 0 Å². The zero-order valence-corrected chi connectivity index (χ0v) is 10.9. The first-order valence-electron chi connectivity index (χ1n) is 6.19. The molecule has 0 spiro atoms. The minimum absolute atomic E-state index is 0.0403. The van der Waals surface area contributed by atoms with Crippen LogP contribution in [0.5, 0.6) is 0 Å². The summed E-state index contributed by atoms with van der Waals surface area (Å²) in [6.07, 6.45) is 2.04. The van der Waals surface area contributed by atoms with Gasteiger partial charge in [-0.1, -0.05) is 13.8 Å². The maximum atomic E-state index is 11.7. The predicted molar refractivity (Wildman–Crippen MR) is 66.3 cm³/mol. The Kier molecular flexibility index (Phi) is 5.22. The first-order valence-corrected chi connectivity index (χ1v) is 6.19. The standard InChI is InChI=1S/C12H25N3O/c1-9(2)7-11(12(16)13-3)14-10-5-6-15(4)8-10/h9-11,14H,5-8H2,1-4H3,(H,13,16). The normalized spacial score (nSPS) is 23.7. The van der Waals surface area contributed by atoms with E-state index in [1.807, 2.05) is 0 Å². The number of likely N-dealkylation sites (tertiary alicyclic amines) is 1. The highest BCUT2D eigenvalue weighted by Crippen LogP contribution is 2.11. The van der Waals surface area contributed by atoms with Crippen LogP contribution >= 0.6 is 0 Å². The van der Waals surface area contributed by atoms with Crippen molar-refractivity contribution in [3.63, 3.8) is 0 Å². The summed E-state index contributed by atoms with van der Waals surface area (Å²) >= 11 is 0. The molecule has 1 rings (SSSR count). The van der Waals surface area contributed by atoms with E-state index >= 15 is 0 Å². The highest BCUT2D eigenvalue weighted by molar-refractivity contribution is 5.81. The fourth-order valence-corrected chi connectivity index (χ4v) is 2.25. The minimum Gasteiger partial charge on any atom is -0.358 e. The van der Waals surface area contributed by atoms with Crippen LogP contribution in [0.15, 0.2) is 0 Å². The fourth-order valence-electron chi connectivity index (χ4n) is 2.25. The van der Waals surface area contributed by atoms with Gasteiger partial charge in [0.2, 0.25) is 5.91 Å². The van der Waals surface area contributed by atoms with Gasteiger partial charge in [0.05, 0.1) is 6.04 Å². The summed E-state index contributed by atoms with van der Waals surface area (Å²) in [5.41, 5.74) is 0. The summed E-state index contributed by atoms with van der Waals surface area (Å²) in [4.78, 5) is 14.0. The van der Waals surface area contributed by atoms with E-state index in [9.17, 15) is 4.79 Å². The van der Waals surface area contributed by atoms with Crippen LogP contribution in [0.25, 0.3) is 0 Å². The topological polar surface area (TPSA) is 44.4 Å². The van der Waals surface area contributed by atoms with Crippen molar-refractivity contribution < 1.29 is 4.79 Å². The number of nitrogens with zero attached hydrogens (tertiary/aromatic N) is 1. The van der Waals surface area contributed by atoms with Crippen LogP contribution in [0.1, 0.15) is 26.7 Å². The van der Waals surface area contributed by atoms with Crippen LogP contribution in [-0.2, 0) is 4.79 Å². The molecule has 1 heterocycles. The Bertz CT molecular complexity index is 230. The molecule has 4 nitrogen and oxygen atoms in total. The number of hydrogen-bond acceptors (Lipinski definition) is 3. The Hall–Kier alpha value is -0.610. The quantitative estimate of drug-likeness (QED) is 0.716. The first-order chi connectivity index (χ1) is 7.52. The molecule has 1 fully saturated rings. The van der Waals surface area contributed by atoms with Crippen LogP contribution in [0, 0.1) is 5.92 Å². The molecule has 0 aromatic rings. The lowest BCUT2D eigenvalue weighted by atomic mass is 10.0. The summed E-state index contributed by atoms with van der Waals surface area (Å²) in [5.74, 6) is 0.650. The van der Waals surface area contributed by atoms with Crippen molar-refractivity contribution in [1.29, 1.82) is 0 Å². The van der Waals surface area contributed by atoms with Gasteiger partial charge in [-0.05, 0) is 32.4 Å². The van der Waals surface area contributed by atoms with Crippen LogP contribution in [0.4, 0.5) is 0 Å². The Labute approximate surface area is 98.8 Å². The molecule has 1 aliphatic heterocycles. The van der Waals surface area contributed by atoms with E-state index in [-0.39, 0.29) is 11.9 Å². The zero-order valence-electron chi connectivity index (χ0n) is 10.9. The van der Waals surface area contributed by atoms with Crippen LogP contribution < -0.4 is 10.6 Å². The Morgan fingerprint density at radius 2 is 2.19 bits per heavy atom. The van der Waals surface area contributed by atoms with E-state index in [4.69, 9.17) is 0 Å². The van der Waals surface area contributed by atoms with Gasteiger partial charge in [-0.3, -0.25) is 4.79 Å². The molecular weight excluding hydrogens is 202 g/mol. The second kappa shape index (κ2) is 6.21. The second-order valence-electron chi connectivity index (χ2n) is 5.21. The van der Waals surface area contributed by atoms with Gasteiger partial charge in [-0.15, -0.1) is 0 Å². The smallest absolute Gasteiger partial charge is 0.236 e. The Morgan fingerprint density at radius 1 is 1.50 bits per heavy atom. The van der Waals surface area contributed by atoms with E-state index in [2.05, 4.69) is 36.4 Å². The number of carbonyl (C=O) groups excluding carboxylic acids is 1. The largest absolute Gasteiger partial charge is 0.358 e. The zero-order chi connectivity index (χ0) is 12.1. The van der Waals surface area contributed by atoms with E-state index < -0.39 is 0 Å². The third-order valence-corrected chi connectivity index (χ3v) is 3.10. The number of nitrogens with one attached hydrogen (secondary N) is 2. The number of rotatable bonds is 5. The molecule has 0 saturated carbocycles. The van der Waals surface area contributed by atoms with Crippen LogP contribution in [0.3, 0.4) is 0 Å². The average molecular weight is 227 g/mol. The molecule has 0 bridgehead atoms. The van der Waals surface area contributed by atoms with E-state index in [1.54, 1.807) is 7.05 Å². The molecule has 0 aromatic carbocycles. The highest BCUT2D eigenvalue weighted by Gasteiger charge is 2.25. The second-order valence-corrected chi connectivity index (χ2v) is 5.21. The molecular formula is C12H25N3O. The third kappa shape index (κ3) is 4.10. The molecule has 4 heteroatoms. The number of likely N-dealkylation sites (N-methyl/N-ethyl adjacent to an activating group) is 2. The van der Waals surface area contributed by atoms with E-state index in [0.717, 1.165) is 25.9 Å². The van der Waals surface area contributed by atoms with Crippen molar-refractivity contribution in [1.82, 2.24) is 15.5 Å². The Morgan fingerprint density at radius 3 is 2.62 bits per heavy atom. The van der Waals surface area contributed by atoms with Gasteiger partial charge in [-0.2, -0.15) is 0 Å². The monoisotopic (exact) mass is 227 g/mol. The minimum atomic E-state index is -0.0403. The summed E-state index contributed by atoms with van der Waals surface area (Å²) in [6, 6.07) is 0.424. The lowest BCUT2D eigenvalue weighted by Gasteiger charge is -2.23. The molecule has 2 N–H and O–H groups in total. The van der Waals surface area contributed by atoms with Gasteiger partial charge in [0.1, 0.15) is 0 Å². The number of amides is 1. The Balaban J connectivity index is 2.46. The van der Waals surface area contributed by atoms with E-state index in [0.29, 0.717) is 12.0 Å². The van der Waals surface area contributed by atoms with Crippen LogP contribution in [-0.4, -0.2) is 50.1 Å². The highest BCUT2D eigenvalue weighted by atomic mass is 16.2. The van der Waals surface area contributed by atoms with E-state index in [1.165, 1.54) is 0 Å². The van der Waals surface area contributed by atoms with Crippen molar-refractivity contribution in [2.24, 2.45) is 5.92 Å². The predicted octanol–water partition coefficient (Wildman–Crippen LogP) is 0.441. The molecule has 94 valence electrons. The first kappa shape index (κ1) is 13.5. The summed E-state index contributed by atoms with van der Waals surface area (Å²) in [5, 5.41) is 6.22. The molecule has 2 unspecified atom stereocenters. The third-order valence-electron chi connectivity index (χ3n) is 3.10. The number of carbonyl (C=O) groups is 1.